The number of rotatable bonds is 2. The average molecular weight is 329 g/mol. The summed E-state index contributed by atoms with van der Waals surface area (Å²) in [7, 11) is 2.07. The molecule has 0 aromatic heterocycles. The molecule has 0 saturated carbocycles. The minimum atomic E-state index is -0.685. The molecule has 3 rings (SSSR count). The number of carbonyl (C=O) groups is 2. The SMILES string of the molecule is Cc1ccc(NC(=O)[C@H]2CC(=O)NC(N3CCN(C)CC3)=N2)cc1. The highest BCUT2D eigenvalue weighted by molar-refractivity contribution is 6.05. The van der Waals surface area contributed by atoms with Crippen LogP contribution in [0, 0.1) is 6.92 Å². The van der Waals surface area contributed by atoms with E-state index in [0.717, 1.165) is 31.7 Å². The van der Waals surface area contributed by atoms with E-state index in [1.165, 1.54) is 0 Å². The Labute approximate surface area is 141 Å². The lowest BCUT2D eigenvalue weighted by molar-refractivity contribution is -0.125. The van der Waals surface area contributed by atoms with Gasteiger partial charge in [-0.25, -0.2) is 4.99 Å². The van der Waals surface area contributed by atoms with E-state index in [4.69, 9.17) is 0 Å². The number of anilines is 1. The van der Waals surface area contributed by atoms with Gasteiger partial charge in [0.1, 0.15) is 6.04 Å². The molecule has 2 aliphatic rings. The number of guanidine groups is 1. The second-order valence-corrected chi connectivity index (χ2v) is 6.37. The standard InChI is InChI=1S/C17H23N5O2/c1-12-3-5-13(6-4-12)18-16(24)14-11-15(23)20-17(19-14)22-9-7-21(2)8-10-22/h3-6,14H,7-11H2,1-2H3,(H,18,24)(H,19,20,23)/t14-/m1/s1. The number of likely N-dealkylation sites (N-methyl/N-ethyl adjacent to an activating group) is 1. The first-order chi connectivity index (χ1) is 11.5. The molecule has 1 atom stereocenters. The van der Waals surface area contributed by atoms with E-state index in [9.17, 15) is 9.59 Å². The molecule has 2 heterocycles. The Hall–Kier alpha value is -2.41. The normalized spacial score (nSPS) is 21.9. The van der Waals surface area contributed by atoms with E-state index in [2.05, 4.69) is 27.6 Å². The van der Waals surface area contributed by atoms with Gasteiger partial charge < -0.3 is 15.1 Å². The summed E-state index contributed by atoms with van der Waals surface area (Å²) in [5.74, 6) is 0.103. The van der Waals surface area contributed by atoms with Gasteiger partial charge in [0.2, 0.25) is 17.8 Å². The monoisotopic (exact) mass is 329 g/mol. The van der Waals surface area contributed by atoms with Crippen LogP contribution in [0.25, 0.3) is 0 Å². The van der Waals surface area contributed by atoms with Crippen molar-refractivity contribution in [2.45, 2.75) is 19.4 Å². The Balaban J connectivity index is 1.69. The summed E-state index contributed by atoms with van der Waals surface area (Å²) < 4.78 is 0. The van der Waals surface area contributed by atoms with Crippen LogP contribution in [0.15, 0.2) is 29.3 Å². The molecule has 128 valence electrons. The molecule has 1 saturated heterocycles. The Kier molecular flexibility index (Phi) is 4.80. The van der Waals surface area contributed by atoms with Gasteiger partial charge >= 0.3 is 0 Å². The van der Waals surface area contributed by atoms with Crippen LogP contribution in [0.3, 0.4) is 0 Å². The van der Waals surface area contributed by atoms with Gasteiger partial charge in [-0.05, 0) is 26.1 Å². The zero-order valence-corrected chi connectivity index (χ0v) is 14.1. The fourth-order valence-electron chi connectivity index (χ4n) is 2.77. The van der Waals surface area contributed by atoms with Crippen molar-refractivity contribution in [1.82, 2.24) is 15.1 Å². The third kappa shape index (κ3) is 3.91. The molecular formula is C17H23N5O2. The van der Waals surface area contributed by atoms with E-state index in [-0.39, 0.29) is 18.2 Å². The van der Waals surface area contributed by atoms with Crippen molar-refractivity contribution in [2.75, 3.05) is 38.5 Å². The van der Waals surface area contributed by atoms with Crippen molar-refractivity contribution >= 4 is 23.5 Å². The third-order valence-corrected chi connectivity index (χ3v) is 4.33. The van der Waals surface area contributed by atoms with Crippen molar-refractivity contribution in [1.29, 1.82) is 0 Å². The van der Waals surface area contributed by atoms with Gasteiger partial charge in [0.25, 0.3) is 0 Å². The van der Waals surface area contributed by atoms with Crippen LogP contribution in [0.4, 0.5) is 5.69 Å². The molecule has 1 aromatic carbocycles. The van der Waals surface area contributed by atoms with Gasteiger partial charge in [-0.15, -0.1) is 0 Å². The molecule has 1 aromatic rings. The van der Waals surface area contributed by atoms with Crippen LogP contribution in [-0.2, 0) is 9.59 Å². The predicted molar refractivity (Wildman–Crippen MR) is 92.9 cm³/mol. The van der Waals surface area contributed by atoms with E-state index in [0.29, 0.717) is 11.6 Å². The summed E-state index contributed by atoms with van der Waals surface area (Å²) >= 11 is 0. The Morgan fingerprint density at radius 3 is 2.54 bits per heavy atom. The molecule has 7 heteroatoms. The van der Waals surface area contributed by atoms with Gasteiger partial charge in [-0.1, -0.05) is 17.7 Å². The van der Waals surface area contributed by atoms with Crippen LogP contribution in [-0.4, -0.2) is 66.8 Å². The fourth-order valence-corrected chi connectivity index (χ4v) is 2.77. The fraction of sp³-hybridized carbons (Fsp3) is 0.471. The second-order valence-electron chi connectivity index (χ2n) is 6.37. The van der Waals surface area contributed by atoms with Gasteiger partial charge in [-0.3, -0.25) is 14.9 Å². The highest BCUT2D eigenvalue weighted by Crippen LogP contribution is 2.13. The van der Waals surface area contributed by atoms with E-state index in [1.807, 2.05) is 36.1 Å². The highest BCUT2D eigenvalue weighted by atomic mass is 16.2. The van der Waals surface area contributed by atoms with Crippen molar-refractivity contribution in [3.63, 3.8) is 0 Å². The van der Waals surface area contributed by atoms with Crippen LogP contribution < -0.4 is 10.6 Å². The molecule has 0 bridgehead atoms. The third-order valence-electron chi connectivity index (χ3n) is 4.33. The number of aryl methyl sites for hydroxylation is 1. The number of benzene rings is 1. The maximum atomic E-state index is 12.5. The number of piperazine rings is 1. The Morgan fingerprint density at radius 2 is 1.88 bits per heavy atom. The maximum absolute atomic E-state index is 12.5. The summed E-state index contributed by atoms with van der Waals surface area (Å²) in [6.45, 7) is 5.40. The number of nitrogens with one attached hydrogen (secondary N) is 2. The summed E-state index contributed by atoms with van der Waals surface area (Å²) in [4.78, 5) is 33.2. The molecule has 24 heavy (non-hydrogen) atoms. The van der Waals surface area contributed by atoms with Gasteiger partial charge in [0, 0.05) is 31.9 Å². The van der Waals surface area contributed by atoms with Crippen molar-refractivity contribution in [3.05, 3.63) is 29.8 Å². The molecular weight excluding hydrogens is 306 g/mol. The second kappa shape index (κ2) is 7.00. The lowest BCUT2D eigenvalue weighted by atomic mass is 10.1. The summed E-state index contributed by atoms with van der Waals surface area (Å²) in [6.07, 6.45) is 0.0783. The van der Waals surface area contributed by atoms with Crippen LogP contribution >= 0.6 is 0 Å². The average Bonchev–Trinajstić information content (AvgIpc) is 2.57. The largest absolute Gasteiger partial charge is 0.340 e. The van der Waals surface area contributed by atoms with Crippen LogP contribution in [0.1, 0.15) is 12.0 Å². The number of nitrogens with zero attached hydrogens (tertiary/aromatic N) is 3. The van der Waals surface area contributed by atoms with Crippen molar-refractivity contribution in [3.8, 4) is 0 Å². The first-order valence-electron chi connectivity index (χ1n) is 8.20. The van der Waals surface area contributed by atoms with E-state index < -0.39 is 6.04 Å². The smallest absolute Gasteiger partial charge is 0.249 e. The minimum absolute atomic E-state index is 0.0783. The number of amides is 2. The topological polar surface area (TPSA) is 77.0 Å². The molecule has 2 amide bonds. The Bertz CT molecular complexity index is 647. The van der Waals surface area contributed by atoms with Gasteiger partial charge in [0.05, 0.1) is 6.42 Å². The van der Waals surface area contributed by atoms with Crippen molar-refractivity contribution < 1.29 is 9.59 Å². The Morgan fingerprint density at radius 1 is 1.21 bits per heavy atom. The highest BCUT2D eigenvalue weighted by Gasteiger charge is 2.30. The summed E-state index contributed by atoms with van der Waals surface area (Å²) in [5.41, 5.74) is 1.84. The van der Waals surface area contributed by atoms with E-state index in [1.54, 1.807) is 0 Å². The molecule has 1 fully saturated rings. The summed E-state index contributed by atoms with van der Waals surface area (Å²) in [6, 6.07) is 6.88. The molecule has 7 nitrogen and oxygen atoms in total. The number of hydrogen-bond acceptors (Lipinski definition) is 5. The number of hydrogen-bond donors (Lipinski definition) is 2. The van der Waals surface area contributed by atoms with Gasteiger partial charge in [0.15, 0.2) is 0 Å². The molecule has 0 radical (unpaired) electrons. The first-order valence-corrected chi connectivity index (χ1v) is 8.20. The lowest BCUT2D eigenvalue weighted by Gasteiger charge is -2.36. The quantitative estimate of drug-likeness (QED) is 0.825. The maximum Gasteiger partial charge on any atom is 0.249 e. The van der Waals surface area contributed by atoms with Gasteiger partial charge in [-0.2, -0.15) is 0 Å². The molecule has 2 aliphatic heterocycles. The van der Waals surface area contributed by atoms with Crippen LogP contribution in [0.5, 0.6) is 0 Å². The molecule has 0 spiro atoms. The molecule has 0 unspecified atom stereocenters. The van der Waals surface area contributed by atoms with Crippen molar-refractivity contribution in [2.24, 2.45) is 4.99 Å². The first kappa shape index (κ1) is 16.4. The number of carbonyl (C=O) groups excluding carboxylic acids is 2. The number of aliphatic imine (C=N–C) groups is 1. The minimum Gasteiger partial charge on any atom is -0.340 e. The molecule has 2 N–H and O–H groups in total. The zero-order valence-electron chi connectivity index (χ0n) is 14.1. The van der Waals surface area contributed by atoms with Crippen LogP contribution in [0.2, 0.25) is 0 Å². The van der Waals surface area contributed by atoms with E-state index >= 15 is 0 Å². The predicted octanol–water partition coefficient (Wildman–Crippen LogP) is 0.425. The summed E-state index contributed by atoms with van der Waals surface area (Å²) in [5, 5.41) is 5.63. The lowest BCUT2D eigenvalue weighted by Crippen LogP contribution is -2.55. The zero-order chi connectivity index (χ0) is 17.1. The molecule has 0 aliphatic carbocycles.